The number of hydrogen-bond donors (Lipinski definition) is 2. The van der Waals surface area contributed by atoms with E-state index in [0.717, 1.165) is 23.3 Å². The van der Waals surface area contributed by atoms with Gasteiger partial charge in [-0.25, -0.2) is 19.0 Å². The van der Waals surface area contributed by atoms with Crippen molar-refractivity contribution in [1.82, 2.24) is 5.43 Å². The highest BCUT2D eigenvalue weighted by Crippen LogP contribution is 2.17. The Morgan fingerprint density at radius 3 is 2.55 bits per heavy atom. The van der Waals surface area contributed by atoms with Gasteiger partial charge in [0, 0.05) is 6.07 Å². The van der Waals surface area contributed by atoms with Crippen LogP contribution in [0.15, 0.2) is 47.6 Å². The second-order valence-electron chi connectivity index (χ2n) is 4.34. The summed E-state index contributed by atoms with van der Waals surface area (Å²) in [5.41, 5.74) is 8.54. The number of nitrogens with zero attached hydrogens (tertiary/aromatic N) is 1. The highest BCUT2D eigenvalue weighted by Gasteiger charge is 2.03. The molecule has 0 aliphatic carbocycles. The van der Waals surface area contributed by atoms with Gasteiger partial charge in [-0.3, -0.25) is 0 Å². The summed E-state index contributed by atoms with van der Waals surface area (Å²) in [5.74, 6) is -1.62. The SMILES string of the molecule is NC(=O)NN=Cc1ccc(COc2ccc(F)c(F)c2)cc1. The number of rotatable bonds is 5. The molecule has 0 heterocycles. The Balaban J connectivity index is 1.92. The predicted octanol–water partition coefficient (Wildman–Crippen LogP) is 2.55. The number of halogens is 2. The van der Waals surface area contributed by atoms with E-state index < -0.39 is 17.7 Å². The fourth-order valence-corrected chi connectivity index (χ4v) is 1.60. The van der Waals surface area contributed by atoms with Gasteiger partial charge >= 0.3 is 6.03 Å². The zero-order chi connectivity index (χ0) is 15.9. The summed E-state index contributed by atoms with van der Waals surface area (Å²) in [5, 5.41) is 3.62. The highest BCUT2D eigenvalue weighted by atomic mass is 19.2. The topological polar surface area (TPSA) is 76.7 Å². The van der Waals surface area contributed by atoms with Gasteiger partial charge in [0.1, 0.15) is 12.4 Å². The number of hydrazone groups is 1. The van der Waals surface area contributed by atoms with Gasteiger partial charge in [0.25, 0.3) is 0 Å². The van der Waals surface area contributed by atoms with E-state index in [1.165, 1.54) is 12.3 Å². The van der Waals surface area contributed by atoms with Gasteiger partial charge in [-0.05, 0) is 23.3 Å². The number of benzene rings is 2. The quantitative estimate of drug-likeness (QED) is 0.658. The van der Waals surface area contributed by atoms with Crippen molar-refractivity contribution in [2.24, 2.45) is 10.8 Å². The maximum Gasteiger partial charge on any atom is 0.332 e. The minimum atomic E-state index is -0.953. The molecule has 2 rings (SSSR count). The Morgan fingerprint density at radius 1 is 1.18 bits per heavy atom. The average Bonchev–Trinajstić information content (AvgIpc) is 2.49. The van der Waals surface area contributed by atoms with Crippen LogP contribution in [-0.2, 0) is 6.61 Å². The molecule has 0 aliphatic rings. The van der Waals surface area contributed by atoms with Crippen molar-refractivity contribution < 1.29 is 18.3 Å². The van der Waals surface area contributed by atoms with Crippen LogP contribution >= 0.6 is 0 Å². The minimum absolute atomic E-state index is 0.210. The third-order valence-electron chi connectivity index (χ3n) is 2.66. The Kier molecular flexibility index (Phi) is 5.02. The van der Waals surface area contributed by atoms with Crippen molar-refractivity contribution in [3.63, 3.8) is 0 Å². The molecule has 2 aromatic rings. The Morgan fingerprint density at radius 2 is 1.91 bits per heavy atom. The van der Waals surface area contributed by atoms with Gasteiger partial charge in [0.2, 0.25) is 0 Å². The van der Waals surface area contributed by atoms with Crippen LogP contribution < -0.4 is 15.9 Å². The van der Waals surface area contributed by atoms with Crippen molar-refractivity contribution in [3.8, 4) is 5.75 Å². The summed E-state index contributed by atoms with van der Waals surface area (Å²) in [6, 6.07) is 9.70. The first-order valence-electron chi connectivity index (χ1n) is 6.30. The van der Waals surface area contributed by atoms with Gasteiger partial charge in [-0.15, -0.1) is 0 Å². The fraction of sp³-hybridized carbons (Fsp3) is 0.0667. The van der Waals surface area contributed by atoms with Gasteiger partial charge < -0.3 is 10.5 Å². The van der Waals surface area contributed by atoms with E-state index in [2.05, 4.69) is 10.5 Å². The molecule has 2 aromatic carbocycles. The molecule has 114 valence electrons. The molecule has 0 atom stereocenters. The third kappa shape index (κ3) is 4.55. The van der Waals surface area contributed by atoms with Crippen molar-refractivity contribution >= 4 is 12.2 Å². The average molecular weight is 305 g/mol. The summed E-state index contributed by atoms with van der Waals surface area (Å²) in [6.07, 6.45) is 1.44. The summed E-state index contributed by atoms with van der Waals surface area (Å²) in [4.78, 5) is 10.4. The van der Waals surface area contributed by atoms with Crippen LogP contribution in [0.2, 0.25) is 0 Å². The molecule has 0 saturated carbocycles. The van der Waals surface area contributed by atoms with E-state index in [1.54, 1.807) is 24.3 Å². The first-order valence-corrected chi connectivity index (χ1v) is 6.30. The summed E-state index contributed by atoms with van der Waals surface area (Å²) >= 11 is 0. The lowest BCUT2D eigenvalue weighted by molar-refractivity contribution is 0.249. The molecule has 7 heteroatoms. The number of carbonyl (C=O) groups is 1. The van der Waals surface area contributed by atoms with Crippen LogP contribution in [0.5, 0.6) is 5.75 Å². The van der Waals surface area contributed by atoms with Gasteiger partial charge in [0.05, 0.1) is 6.21 Å². The second kappa shape index (κ2) is 7.16. The molecule has 0 unspecified atom stereocenters. The number of nitrogens with two attached hydrogens (primary N) is 1. The first kappa shape index (κ1) is 15.4. The van der Waals surface area contributed by atoms with Crippen LogP contribution in [-0.4, -0.2) is 12.2 Å². The normalized spacial score (nSPS) is 10.6. The van der Waals surface area contributed by atoms with E-state index in [9.17, 15) is 13.6 Å². The van der Waals surface area contributed by atoms with Crippen molar-refractivity contribution in [2.75, 3.05) is 0 Å². The van der Waals surface area contributed by atoms with E-state index in [-0.39, 0.29) is 12.4 Å². The summed E-state index contributed by atoms with van der Waals surface area (Å²) < 4.78 is 31.2. The number of nitrogens with one attached hydrogen (secondary N) is 1. The zero-order valence-corrected chi connectivity index (χ0v) is 11.4. The molecule has 2 amide bonds. The summed E-state index contributed by atoms with van der Waals surface area (Å²) in [6.45, 7) is 0.210. The van der Waals surface area contributed by atoms with E-state index in [1.807, 2.05) is 0 Å². The van der Waals surface area contributed by atoms with E-state index >= 15 is 0 Å². The molecular weight excluding hydrogens is 292 g/mol. The van der Waals surface area contributed by atoms with Crippen LogP contribution in [0.25, 0.3) is 0 Å². The molecule has 0 aromatic heterocycles. The fourth-order valence-electron chi connectivity index (χ4n) is 1.60. The van der Waals surface area contributed by atoms with Crippen LogP contribution in [0.4, 0.5) is 13.6 Å². The zero-order valence-electron chi connectivity index (χ0n) is 11.4. The van der Waals surface area contributed by atoms with Crippen molar-refractivity contribution in [2.45, 2.75) is 6.61 Å². The largest absolute Gasteiger partial charge is 0.489 e. The molecule has 0 radical (unpaired) electrons. The molecule has 3 N–H and O–H groups in total. The Hall–Kier alpha value is -2.96. The third-order valence-corrected chi connectivity index (χ3v) is 2.66. The minimum Gasteiger partial charge on any atom is -0.489 e. The lowest BCUT2D eigenvalue weighted by atomic mass is 10.1. The molecule has 0 saturated heterocycles. The van der Waals surface area contributed by atoms with Gasteiger partial charge in [0.15, 0.2) is 11.6 Å². The molecule has 5 nitrogen and oxygen atoms in total. The van der Waals surface area contributed by atoms with Crippen LogP contribution in [0.3, 0.4) is 0 Å². The van der Waals surface area contributed by atoms with Crippen LogP contribution in [0.1, 0.15) is 11.1 Å². The Bertz CT molecular complexity index is 688. The second-order valence-corrected chi connectivity index (χ2v) is 4.34. The first-order chi connectivity index (χ1) is 10.5. The number of carbonyl (C=O) groups excluding carboxylic acids is 1. The molecule has 22 heavy (non-hydrogen) atoms. The smallest absolute Gasteiger partial charge is 0.332 e. The lowest BCUT2D eigenvalue weighted by Crippen LogP contribution is -2.24. The molecule has 0 bridgehead atoms. The van der Waals surface area contributed by atoms with Gasteiger partial charge in [-0.1, -0.05) is 24.3 Å². The maximum absolute atomic E-state index is 13.0. The number of urea groups is 1. The van der Waals surface area contributed by atoms with E-state index in [4.69, 9.17) is 10.5 Å². The highest BCUT2D eigenvalue weighted by molar-refractivity contribution is 5.81. The Labute approximate surface area is 125 Å². The van der Waals surface area contributed by atoms with Crippen LogP contribution in [0, 0.1) is 11.6 Å². The predicted molar refractivity (Wildman–Crippen MR) is 77.4 cm³/mol. The van der Waals surface area contributed by atoms with E-state index in [0.29, 0.717) is 0 Å². The lowest BCUT2D eigenvalue weighted by Gasteiger charge is -2.06. The number of hydrogen-bond acceptors (Lipinski definition) is 3. The number of ether oxygens (including phenoxy) is 1. The summed E-state index contributed by atoms with van der Waals surface area (Å²) in [7, 11) is 0. The van der Waals surface area contributed by atoms with Gasteiger partial charge in [-0.2, -0.15) is 5.10 Å². The molecular formula is C15H13F2N3O2. The molecule has 0 fully saturated rings. The van der Waals surface area contributed by atoms with Crippen molar-refractivity contribution in [1.29, 1.82) is 0 Å². The number of amides is 2. The molecule has 0 spiro atoms. The number of primary amides is 1. The monoisotopic (exact) mass is 305 g/mol. The maximum atomic E-state index is 13.0. The molecule has 0 aliphatic heterocycles. The standard InChI is InChI=1S/C15H13F2N3O2/c16-13-6-5-12(7-14(13)17)22-9-11-3-1-10(2-4-11)8-19-20-15(18)21/h1-8H,9H2,(H3,18,20,21). The van der Waals surface area contributed by atoms with Crippen molar-refractivity contribution in [3.05, 3.63) is 65.2 Å².